The molecule has 0 radical (unpaired) electrons. The van der Waals surface area contributed by atoms with Gasteiger partial charge in [0.2, 0.25) is 0 Å². The summed E-state index contributed by atoms with van der Waals surface area (Å²) in [5.41, 5.74) is 1.23. The van der Waals surface area contributed by atoms with Crippen LogP contribution < -0.4 is 0 Å². The summed E-state index contributed by atoms with van der Waals surface area (Å²) in [5, 5.41) is 0. The molecular weight excluding hydrogens is 184 g/mol. The monoisotopic (exact) mass is 204 g/mol. The van der Waals surface area contributed by atoms with Crippen LogP contribution in [-0.2, 0) is 11.3 Å². The average Bonchev–Trinajstić information content (AvgIpc) is 2.24. The summed E-state index contributed by atoms with van der Waals surface area (Å²) in [6, 6.07) is 10.3. The van der Waals surface area contributed by atoms with Crippen LogP contribution in [0.3, 0.4) is 0 Å². The van der Waals surface area contributed by atoms with Gasteiger partial charge in [0.1, 0.15) is 0 Å². The molecule has 0 saturated carbocycles. The van der Waals surface area contributed by atoms with Crippen molar-refractivity contribution in [2.75, 3.05) is 6.61 Å². The van der Waals surface area contributed by atoms with Crippen molar-refractivity contribution in [1.82, 2.24) is 0 Å². The minimum absolute atomic E-state index is 0.701. The lowest BCUT2D eigenvalue weighted by atomic mass is 10.1. The van der Waals surface area contributed by atoms with Crippen LogP contribution in [0.15, 0.2) is 42.5 Å². The van der Waals surface area contributed by atoms with Crippen molar-refractivity contribution in [2.24, 2.45) is 5.92 Å². The third-order valence-electron chi connectivity index (χ3n) is 2.10. The zero-order chi connectivity index (χ0) is 10.9. The maximum absolute atomic E-state index is 5.51. The van der Waals surface area contributed by atoms with Gasteiger partial charge in [-0.3, -0.25) is 0 Å². The fraction of sp³-hybridized carbons (Fsp3) is 0.429. The normalized spacial score (nSPS) is 11.4. The summed E-state index contributed by atoms with van der Waals surface area (Å²) in [4.78, 5) is 0. The van der Waals surface area contributed by atoms with Crippen molar-refractivity contribution in [3.63, 3.8) is 0 Å². The van der Waals surface area contributed by atoms with E-state index >= 15 is 0 Å². The minimum atomic E-state index is 0.701. The summed E-state index contributed by atoms with van der Waals surface area (Å²) in [6.07, 6.45) is 5.42. The van der Waals surface area contributed by atoms with Crippen LogP contribution in [0.4, 0.5) is 0 Å². The SMILES string of the molecule is CC(C)CC=CCOCc1ccccc1. The number of hydrogen-bond donors (Lipinski definition) is 0. The van der Waals surface area contributed by atoms with Crippen molar-refractivity contribution >= 4 is 0 Å². The predicted octanol–water partition coefficient (Wildman–Crippen LogP) is 3.81. The number of ether oxygens (including phenoxy) is 1. The smallest absolute Gasteiger partial charge is 0.0721 e. The molecule has 0 aliphatic carbocycles. The van der Waals surface area contributed by atoms with Gasteiger partial charge in [0.25, 0.3) is 0 Å². The predicted molar refractivity (Wildman–Crippen MR) is 64.7 cm³/mol. The van der Waals surface area contributed by atoms with Gasteiger partial charge in [0.05, 0.1) is 13.2 Å². The van der Waals surface area contributed by atoms with Crippen LogP contribution in [0.25, 0.3) is 0 Å². The Balaban J connectivity index is 2.10. The molecule has 0 amide bonds. The molecule has 0 aliphatic heterocycles. The number of rotatable bonds is 6. The Hall–Kier alpha value is -1.08. The molecule has 1 aromatic rings. The van der Waals surface area contributed by atoms with Crippen molar-refractivity contribution in [2.45, 2.75) is 26.9 Å². The van der Waals surface area contributed by atoms with Crippen molar-refractivity contribution in [3.05, 3.63) is 48.0 Å². The molecule has 0 aromatic heterocycles. The minimum Gasteiger partial charge on any atom is -0.373 e. The molecule has 0 aliphatic rings. The standard InChI is InChI=1S/C14H20O/c1-13(2)8-6-7-11-15-12-14-9-4-3-5-10-14/h3-7,9-10,13H,8,11-12H2,1-2H3. The van der Waals surface area contributed by atoms with Gasteiger partial charge in [-0.25, -0.2) is 0 Å². The van der Waals surface area contributed by atoms with Crippen LogP contribution in [0.5, 0.6) is 0 Å². The van der Waals surface area contributed by atoms with Crippen LogP contribution in [0.2, 0.25) is 0 Å². The van der Waals surface area contributed by atoms with Crippen LogP contribution >= 0.6 is 0 Å². The van der Waals surface area contributed by atoms with Crippen LogP contribution in [0.1, 0.15) is 25.8 Å². The Morgan fingerprint density at radius 2 is 1.87 bits per heavy atom. The molecule has 0 atom stereocenters. The van der Waals surface area contributed by atoms with Crippen LogP contribution in [-0.4, -0.2) is 6.61 Å². The lowest BCUT2D eigenvalue weighted by Crippen LogP contribution is -1.92. The van der Waals surface area contributed by atoms with Gasteiger partial charge >= 0.3 is 0 Å². The topological polar surface area (TPSA) is 9.23 Å². The van der Waals surface area contributed by atoms with E-state index in [9.17, 15) is 0 Å². The highest BCUT2D eigenvalue weighted by molar-refractivity contribution is 5.13. The largest absolute Gasteiger partial charge is 0.373 e. The fourth-order valence-corrected chi connectivity index (χ4v) is 1.26. The molecule has 1 nitrogen and oxygen atoms in total. The summed E-state index contributed by atoms with van der Waals surface area (Å²) in [7, 11) is 0. The highest BCUT2D eigenvalue weighted by atomic mass is 16.5. The van der Waals surface area contributed by atoms with E-state index in [-0.39, 0.29) is 0 Å². The zero-order valence-electron chi connectivity index (χ0n) is 9.65. The van der Waals surface area contributed by atoms with Gasteiger partial charge in [0, 0.05) is 0 Å². The zero-order valence-corrected chi connectivity index (χ0v) is 9.65. The van der Waals surface area contributed by atoms with E-state index in [1.54, 1.807) is 0 Å². The van der Waals surface area contributed by atoms with E-state index < -0.39 is 0 Å². The van der Waals surface area contributed by atoms with E-state index in [1.165, 1.54) is 5.56 Å². The first-order chi connectivity index (χ1) is 7.29. The molecular formula is C14H20O. The lowest BCUT2D eigenvalue weighted by molar-refractivity contribution is 0.148. The Bertz CT molecular complexity index is 275. The van der Waals surface area contributed by atoms with E-state index in [4.69, 9.17) is 4.74 Å². The van der Waals surface area contributed by atoms with Gasteiger partial charge in [-0.2, -0.15) is 0 Å². The summed E-state index contributed by atoms with van der Waals surface area (Å²) in [5.74, 6) is 0.732. The molecule has 0 bridgehead atoms. The van der Waals surface area contributed by atoms with E-state index in [2.05, 4.69) is 38.1 Å². The van der Waals surface area contributed by atoms with E-state index in [0.29, 0.717) is 13.2 Å². The highest BCUT2D eigenvalue weighted by Gasteiger charge is 1.90. The average molecular weight is 204 g/mol. The number of allylic oxidation sites excluding steroid dienone is 1. The van der Waals surface area contributed by atoms with Gasteiger partial charge in [-0.15, -0.1) is 0 Å². The van der Waals surface area contributed by atoms with Gasteiger partial charge < -0.3 is 4.74 Å². The van der Waals surface area contributed by atoms with Gasteiger partial charge in [0.15, 0.2) is 0 Å². The third kappa shape index (κ3) is 6.08. The second-order valence-electron chi connectivity index (χ2n) is 4.10. The molecule has 0 heterocycles. The van der Waals surface area contributed by atoms with E-state index in [0.717, 1.165) is 12.3 Å². The first kappa shape index (κ1) is 12.0. The maximum atomic E-state index is 5.51. The molecule has 15 heavy (non-hydrogen) atoms. The Morgan fingerprint density at radius 1 is 1.13 bits per heavy atom. The highest BCUT2D eigenvalue weighted by Crippen LogP contribution is 2.02. The van der Waals surface area contributed by atoms with Crippen molar-refractivity contribution in [3.8, 4) is 0 Å². The molecule has 0 unspecified atom stereocenters. The Morgan fingerprint density at radius 3 is 2.53 bits per heavy atom. The summed E-state index contributed by atoms with van der Waals surface area (Å²) < 4.78 is 5.51. The quantitative estimate of drug-likeness (QED) is 0.506. The molecule has 0 fully saturated rings. The molecule has 1 aromatic carbocycles. The first-order valence-electron chi connectivity index (χ1n) is 5.55. The second kappa shape index (κ2) is 7.24. The van der Waals surface area contributed by atoms with Gasteiger partial charge in [-0.1, -0.05) is 56.3 Å². The third-order valence-corrected chi connectivity index (χ3v) is 2.10. The Kier molecular flexibility index (Phi) is 5.79. The molecule has 1 heteroatoms. The Labute approximate surface area is 92.8 Å². The molecule has 0 saturated heterocycles. The summed E-state index contributed by atoms with van der Waals surface area (Å²) in [6.45, 7) is 5.85. The molecule has 82 valence electrons. The summed E-state index contributed by atoms with van der Waals surface area (Å²) >= 11 is 0. The van der Waals surface area contributed by atoms with Crippen LogP contribution in [0, 0.1) is 5.92 Å². The maximum Gasteiger partial charge on any atom is 0.0721 e. The molecule has 1 rings (SSSR count). The lowest BCUT2D eigenvalue weighted by Gasteiger charge is -2.01. The molecule has 0 N–H and O–H groups in total. The van der Waals surface area contributed by atoms with Crippen molar-refractivity contribution in [1.29, 1.82) is 0 Å². The van der Waals surface area contributed by atoms with E-state index in [1.807, 2.05) is 18.2 Å². The first-order valence-corrected chi connectivity index (χ1v) is 5.55. The fourth-order valence-electron chi connectivity index (χ4n) is 1.26. The van der Waals surface area contributed by atoms with Gasteiger partial charge in [-0.05, 0) is 17.9 Å². The second-order valence-corrected chi connectivity index (χ2v) is 4.10. The number of hydrogen-bond acceptors (Lipinski definition) is 1. The van der Waals surface area contributed by atoms with Crippen molar-refractivity contribution < 1.29 is 4.74 Å². The molecule has 0 spiro atoms. The number of benzene rings is 1.